The molecule has 0 radical (unpaired) electrons. The number of benzene rings is 1. The molecule has 1 heterocycles. The predicted octanol–water partition coefficient (Wildman–Crippen LogP) is 1.49. The van der Waals surface area contributed by atoms with Gasteiger partial charge >= 0.3 is 0 Å². The van der Waals surface area contributed by atoms with Gasteiger partial charge in [-0.3, -0.25) is 4.99 Å². The van der Waals surface area contributed by atoms with E-state index in [1.54, 1.807) is 36.7 Å². The lowest BCUT2D eigenvalue weighted by Gasteiger charge is -2.26. The van der Waals surface area contributed by atoms with E-state index in [4.69, 9.17) is 4.74 Å². The fourth-order valence-electron chi connectivity index (χ4n) is 3.43. The molecule has 0 amide bonds. The Labute approximate surface area is 181 Å². The monoisotopic (exact) mass is 439 g/mol. The zero-order valence-electron chi connectivity index (χ0n) is 18.6. The number of aliphatic imine (C=N–C) groups is 1. The molecule has 1 aliphatic rings. The van der Waals surface area contributed by atoms with Crippen LogP contribution in [0, 0.1) is 0 Å². The van der Waals surface area contributed by atoms with Crippen molar-refractivity contribution in [3.05, 3.63) is 29.8 Å². The third-order valence-electron chi connectivity index (χ3n) is 5.21. The van der Waals surface area contributed by atoms with Crippen molar-refractivity contribution in [1.29, 1.82) is 0 Å². The summed E-state index contributed by atoms with van der Waals surface area (Å²) in [7, 11) is 2.12. The smallest absolute Gasteiger partial charge is 0.243 e. The Kier molecular flexibility index (Phi) is 10.6. The molecular formula is C21H37N5O3S. The molecule has 170 valence electrons. The molecule has 0 saturated carbocycles. The first-order valence-electron chi connectivity index (χ1n) is 10.7. The number of hydrogen-bond acceptors (Lipinski definition) is 5. The van der Waals surface area contributed by atoms with Gasteiger partial charge in [-0.2, -0.15) is 4.31 Å². The average molecular weight is 440 g/mol. The van der Waals surface area contributed by atoms with Gasteiger partial charge in [0.1, 0.15) is 0 Å². The summed E-state index contributed by atoms with van der Waals surface area (Å²) in [4.78, 5) is 6.86. The fraction of sp³-hybridized carbons (Fsp3) is 0.667. The van der Waals surface area contributed by atoms with Crippen molar-refractivity contribution in [3.63, 3.8) is 0 Å². The van der Waals surface area contributed by atoms with Crippen molar-refractivity contribution in [1.82, 2.24) is 19.8 Å². The van der Waals surface area contributed by atoms with E-state index in [1.165, 1.54) is 0 Å². The number of nitrogens with one attached hydrogen (secondary N) is 2. The van der Waals surface area contributed by atoms with Crippen molar-refractivity contribution in [3.8, 4) is 0 Å². The Morgan fingerprint density at radius 2 is 1.97 bits per heavy atom. The van der Waals surface area contributed by atoms with Crippen LogP contribution in [0.3, 0.4) is 0 Å². The summed E-state index contributed by atoms with van der Waals surface area (Å²) in [6.45, 7) is 5.16. The Morgan fingerprint density at radius 3 is 2.67 bits per heavy atom. The van der Waals surface area contributed by atoms with E-state index in [2.05, 4.69) is 27.6 Å². The van der Waals surface area contributed by atoms with Crippen molar-refractivity contribution in [2.24, 2.45) is 4.99 Å². The third kappa shape index (κ3) is 7.86. The molecule has 2 rings (SSSR count). The first-order valence-corrected chi connectivity index (χ1v) is 12.1. The predicted molar refractivity (Wildman–Crippen MR) is 121 cm³/mol. The summed E-state index contributed by atoms with van der Waals surface area (Å²) in [6, 6.07) is 7.17. The van der Waals surface area contributed by atoms with Gasteiger partial charge in [0, 0.05) is 60.0 Å². The Hall–Kier alpha value is -1.68. The molecule has 0 unspecified atom stereocenters. The van der Waals surface area contributed by atoms with E-state index < -0.39 is 10.0 Å². The fourth-order valence-corrected chi connectivity index (χ4v) is 5.02. The second-order valence-corrected chi connectivity index (χ2v) is 9.55. The van der Waals surface area contributed by atoms with Crippen LogP contribution in [0.2, 0.25) is 0 Å². The summed E-state index contributed by atoms with van der Waals surface area (Å²) in [6.07, 6.45) is 3.98. The summed E-state index contributed by atoms with van der Waals surface area (Å²) in [5.41, 5.74) is 0.910. The molecule has 1 aliphatic heterocycles. The van der Waals surface area contributed by atoms with Crippen molar-refractivity contribution in [2.75, 3.05) is 60.5 Å². The second kappa shape index (κ2) is 12.9. The molecular weight excluding hydrogens is 402 g/mol. The van der Waals surface area contributed by atoms with Crippen LogP contribution in [0.5, 0.6) is 0 Å². The van der Waals surface area contributed by atoms with Gasteiger partial charge < -0.3 is 20.3 Å². The number of guanidine groups is 1. The normalized spacial score (nSPS) is 16.1. The standard InChI is InChI=1S/C21H37N5O3S/c1-22-21(23-11-15-25(2)12-8-16-29-3)24-18-19-9-7-10-20(17-19)30(27,28)26-13-5-4-6-14-26/h7,9-10,17H,4-6,8,11-16,18H2,1-3H3,(H2,22,23,24). The molecule has 30 heavy (non-hydrogen) atoms. The van der Waals surface area contributed by atoms with Crippen LogP contribution in [0.25, 0.3) is 0 Å². The summed E-state index contributed by atoms with van der Waals surface area (Å²) >= 11 is 0. The maximum atomic E-state index is 12.9. The minimum Gasteiger partial charge on any atom is -0.385 e. The van der Waals surface area contributed by atoms with E-state index in [-0.39, 0.29) is 0 Å². The van der Waals surface area contributed by atoms with Crippen LogP contribution >= 0.6 is 0 Å². The third-order valence-corrected chi connectivity index (χ3v) is 7.10. The van der Waals surface area contributed by atoms with E-state index in [0.29, 0.717) is 30.5 Å². The molecule has 1 saturated heterocycles. The second-order valence-electron chi connectivity index (χ2n) is 7.61. The van der Waals surface area contributed by atoms with Gasteiger partial charge in [-0.25, -0.2) is 8.42 Å². The molecule has 0 spiro atoms. The van der Waals surface area contributed by atoms with Crippen LogP contribution in [0.4, 0.5) is 0 Å². The van der Waals surface area contributed by atoms with Gasteiger partial charge in [-0.15, -0.1) is 0 Å². The minimum atomic E-state index is -3.42. The highest BCUT2D eigenvalue weighted by Gasteiger charge is 2.25. The highest BCUT2D eigenvalue weighted by Crippen LogP contribution is 2.21. The number of likely N-dealkylation sites (N-methyl/N-ethyl adjacent to an activating group) is 1. The Balaban J connectivity index is 1.83. The van der Waals surface area contributed by atoms with Gasteiger partial charge in [0.15, 0.2) is 5.96 Å². The number of rotatable bonds is 11. The molecule has 0 aromatic heterocycles. The minimum absolute atomic E-state index is 0.365. The van der Waals surface area contributed by atoms with Crippen molar-refractivity contribution >= 4 is 16.0 Å². The molecule has 1 aromatic rings. The van der Waals surface area contributed by atoms with E-state index in [9.17, 15) is 8.42 Å². The zero-order valence-corrected chi connectivity index (χ0v) is 19.4. The summed E-state index contributed by atoms with van der Waals surface area (Å²) < 4.78 is 32.5. The van der Waals surface area contributed by atoms with Crippen LogP contribution < -0.4 is 10.6 Å². The maximum absolute atomic E-state index is 12.9. The molecule has 0 aliphatic carbocycles. The SMILES string of the molecule is CN=C(NCCN(C)CCCOC)NCc1cccc(S(=O)(=O)N2CCCCC2)c1. The summed E-state index contributed by atoms with van der Waals surface area (Å²) in [5.74, 6) is 0.699. The first kappa shape index (κ1) is 24.6. The number of piperidine rings is 1. The molecule has 8 nitrogen and oxygen atoms in total. The van der Waals surface area contributed by atoms with Crippen LogP contribution in [-0.2, 0) is 21.3 Å². The highest BCUT2D eigenvalue weighted by atomic mass is 32.2. The maximum Gasteiger partial charge on any atom is 0.243 e. The average Bonchev–Trinajstić information content (AvgIpc) is 2.77. The number of nitrogens with zero attached hydrogens (tertiary/aromatic N) is 3. The Bertz CT molecular complexity index is 764. The quantitative estimate of drug-likeness (QED) is 0.309. The number of ether oxygens (including phenoxy) is 1. The van der Waals surface area contributed by atoms with Gasteiger partial charge in [0.25, 0.3) is 0 Å². The van der Waals surface area contributed by atoms with Crippen LogP contribution in [-0.4, -0.2) is 84.1 Å². The van der Waals surface area contributed by atoms with Gasteiger partial charge in [-0.1, -0.05) is 18.6 Å². The van der Waals surface area contributed by atoms with Gasteiger partial charge in [-0.05, 0) is 44.0 Å². The van der Waals surface area contributed by atoms with E-state index in [1.807, 2.05) is 6.07 Å². The number of methoxy groups -OCH3 is 1. The number of hydrogen-bond donors (Lipinski definition) is 2. The lowest BCUT2D eigenvalue weighted by atomic mass is 10.2. The lowest BCUT2D eigenvalue weighted by molar-refractivity contribution is 0.180. The van der Waals surface area contributed by atoms with Crippen molar-refractivity contribution < 1.29 is 13.2 Å². The lowest BCUT2D eigenvalue weighted by Crippen LogP contribution is -2.40. The topological polar surface area (TPSA) is 86.3 Å². The Morgan fingerprint density at radius 1 is 1.20 bits per heavy atom. The van der Waals surface area contributed by atoms with Crippen molar-refractivity contribution in [2.45, 2.75) is 37.1 Å². The first-order chi connectivity index (χ1) is 14.5. The van der Waals surface area contributed by atoms with E-state index >= 15 is 0 Å². The van der Waals surface area contributed by atoms with E-state index in [0.717, 1.165) is 57.5 Å². The largest absolute Gasteiger partial charge is 0.385 e. The summed E-state index contributed by atoms with van der Waals surface area (Å²) in [5, 5.41) is 6.56. The molecule has 2 N–H and O–H groups in total. The van der Waals surface area contributed by atoms with Crippen LogP contribution in [0.15, 0.2) is 34.2 Å². The molecule has 1 aromatic carbocycles. The van der Waals surface area contributed by atoms with Gasteiger partial charge in [0.05, 0.1) is 4.90 Å². The molecule has 1 fully saturated rings. The van der Waals surface area contributed by atoms with Gasteiger partial charge in [0.2, 0.25) is 10.0 Å². The van der Waals surface area contributed by atoms with Crippen LogP contribution in [0.1, 0.15) is 31.2 Å². The number of sulfonamides is 1. The zero-order chi connectivity index (χ0) is 21.8. The molecule has 0 atom stereocenters. The highest BCUT2D eigenvalue weighted by molar-refractivity contribution is 7.89. The molecule has 0 bridgehead atoms. The molecule has 9 heteroatoms.